The third kappa shape index (κ3) is 3.32. The number of hydrogen-bond acceptors (Lipinski definition) is 4. The predicted octanol–water partition coefficient (Wildman–Crippen LogP) is 5.55. The van der Waals surface area contributed by atoms with E-state index >= 15 is 0 Å². The molecule has 2 aromatic carbocycles. The zero-order valence-corrected chi connectivity index (χ0v) is 16.8. The number of benzene rings is 2. The molecule has 5 rings (SSSR count). The van der Waals surface area contributed by atoms with Gasteiger partial charge in [-0.3, -0.25) is 3.97 Å². The van der Waals surface area contributed by atoms with Crippen molar-refractivity contribution in [1.82, 2.24) is 13.9 Å². The third-order valence-electron chi connectivity index (χ3n) is 5.80. The Labute approximate surface area is 175 Å². The smallest absolute Gasteiger partial charge is 0.219 e. The van der Waals surface area contributed by atoms with Gasteiger partial charge in [-0.05, 0) is 60.2 Å². The third-order valence-corrected chi connectivity index (χ3v) is 6.80. The molecule has 4 aromatic rings. The summed E-state index contributed by atoms with van der Waals surface area (Å²) in [7, 11) is 0. The number of nitrogens with two attached hydrogens (primary N) is 1. The van der Waals surface area contributed by atoms with E-state index in [1.54, 1.807) is 24.3 Å². The van der Waals surface area contributed by atoms with Crippen molar-refractivity contribution < 1.29 is 0 Å². The summed E-state index contributed by atoms with van der Waals surface area (Å²) in [5.41, 5.74) is 10.5. The van der Waals surface area contributed by atoms with Crippen LogP contribution in [0.15, 0.2) is 90.2 Å². The van der Waals surface area contributed by atoms with Crippen molar-refractivity contribution in [2.24, 2.45) is 0 Å². The molecule has 4 nitrogen and oxygen atoms in total. The molecule has 0 bridgehead atoms. The van der Waals surface area contributed by atoms with Crippen LogP contribution in [0.3, 0.4) is 0 Å². The van der Waals surface area contributed by atoms with E-state index in [-0.39, 0.29) is 5.41 Å². The fourth-order valence-electron chi connectivity index (χ4n) is 4.10. The van der Waals surface area contributed by atoms with Crippen LogP contribution in [0.5, 0.6) is 0 Å². The van der Waals surface area contributed by atoms with Gasteiger partial charge < -0.3 is 5.73 Å². The Morgan fingerprint density at radius 2 is 1.55 bits per heavy atom. The van der Waals surface area contributed by atoms with Crippen LogP contribution in [-0.2, 0) is 5.41 Å². The summed E-state index contributed by atoms with van der Waals surface area (Å²) in [5.74, 6) is 0.301. The Hall–Kier alpha value is -3.05. The maximum absolute atomic E-state index is 5.61. The van der Waals surface area contributed by atoms with Crippen LogP contribution >= 0.6 is 11.9 Å². The first-order valence-corrected chi connectivity index (χ1v) is 10.6. The number of aromatic nitrogens is 3. The van der Waals surface area contributed by atoms with Crippen LogP contribution in [0, 0.1) is 0 Å². The van der Waals surface area contributed by atoms with Crippen LogP contribution in [0.25, 0.3) is 11.1 Å². The number of nitrogens with zero attached hydrogens (tertiary/aromatic N) is 3. The second-order valence-corrected chi connectivity index (χ2v) is 8.51. The van der Waals surface area contributed by atoms with Gasteiger partial charge in [0.25, 0.3) is 0 Å². The maximum Gasteiger partial charge on any atom is 0.219 e. The highest BCUT2D eigenvalue weighted by Crippen LogP contribution is 2.50. The van der Waals surface area contributed by atoms with Gasteiger partial charge in [0.05, 0.1) is 0 Å². The number of hydrogen-bond donors (Lipinski definition) is 1. The van der Waals surface area contributed by atoms with Crippen molar-refractivity contribution in [3.63, 3.8) is 0 Å². The lowest BCUT2D eigenvalue weighted by atomic mass is 9.62. The highest BCUT2D eigenvalue weighted by molar-refractivity contribution is 7.97. The number of nitrogen functional groups attached to an aromatic ring is 1. The Balaban J connectivity index is 1.47. The van der Waals surface area contributed by atoms with Crippen molar-refractivity contribution in [1.29, 1.82) is 0 Å². The summed E-state index contributed by atoms with van der Waals surface area (Å²) >= 11 is 1.78. The first-order chi connectivity index (χ1) is 14.2. The zero-order chi connectivity index (χ0) is 19.7. The van der Waals surface area contributed by atoms with Gasteiger partial charge in [-0.15, -0.1) is 0 Å². The first-order valence-electron chi connectivity index (χ1n) is 9.84. The first kappa shape index (κ1) is 18.0. The summed E-state index contributed by atoms with van der Waals surface area (Å²) in [4.78, 5) is 9.46. The minimum atomic E-state index is 0.0847. The second kappa shape index (κ2) is 7.41. The van der Waals surface area contributed by atoms with E-state index in [2.05, 4.69) is 86.9 Å². The van der Waals surface area contributed by atoms with Gasteiger partial charge >= 0.3 is 0 Å². The van der Waals surface area contributed by atoms with Gasteiger partial charge in [0.1, 0.15) is 0 Å². The average Bonchev–Trinajstić information content (AvgIpc) is 3.17. The summed E-state index contributed by atoms with van der Waals surface area (Å²) in [6, 6.07) is 23.8. The van der Waals surface area contributed by atoms with Crippen molar-refractivity contribution >= 4 is 17.9 Å². The molecule has 144 valence electrons. The van der Waals surface area contributed by atoms with Crippen molar-refractivity contribution in [3.05, 3.63) is 96.6 Å². The van der Waals surface area contributed by atoms with E-state index < -0.39 is 0 Å². The summed E-state index contributed by atoms with van der Waals surface area (Å²) in [6.07, 6.45) is 9.34. The van der Waals surface area contributed by atoms with Gasteiger partial charge in [-0.25, -0.2) is 9.97 Å². The van der Waals surface area contributed by atoms with E-state index in [9.17, 15) is 0 Å². The Bertz CT molecular complexity index is 1100. The molecule has 2 heterocycles. The Kier molecular flexibility index (Phi) is 4.60. The fraction of sp³-hybridized carbons (Fsp3) is 0.167. The van der Waals surface area contributed by atoms with E-state index in [0.29, 0.717) is 5.95 Å². The lowest BCUT2D eigenvalue weighted by molar-refractivity contribution is 0.293. The molecule has 1 aliphatic rings. The fourth-order valence-corrected chi connectivity index (χ4v) is 5.07. The van der Waals surface area contributed by atoms with E-state index in [0.717, 1.165) is 11.1 Å². The molecule has 0 unspecified atom stereocenters. The van der Waals surface area contributed by atoms with Crippen molar-refractivity contribution in [2.45, 2.75) is 29.6 Å². The van der Waals surface area contributed by atoms with Gasteiger partial charge in [-0.1, -0.05) is 48.9 Å². The molecular formula is C24H22N4S. The van der Waals surface area contributed by atoms with Gasteiger partial charge in [-0.2, -0.15) is 0 Å². The maximum atomic E-state index is 5.61. The summed E-state index contributed by atoms with van der Waals surface area (Å²) in [5, 5.41) is 0. The molecule has 2 aromatic heterocycles. The molecule has 0 radical (unpaired) electrons. The molecule has 0 atom stereocenters. The van der Waals surface area contributed by atoms with Crippen LogP contribution in [0.1, 0.15) is 30.5 Å². The predicted molar refractivity (Wildman–Crippen MR) is 119 cm³/mol. The van der Waals surface area contributed by atoms with E-state index in [1.165, 1.54) is 35.4 Å². The molecule has 0 saturated heterocycles. The standard InChI is InChI=1S/C24H22N4S/c25-23-26-16-19(17-27-23)18-9-11-20(12-10-18)24(13-5-14-24)22-8-4-15-28(22)29-21-6-2-1-3-7-21/h1-4,6-12,15-17H,5,13-14H2,(H2,25,26,27). The highest BCUT2D eigenvalue weighted by Gasteiger charge is 2.42. The minimum Gasteiger partial charge on any atom is -0.368 e. The molecule has 0 spiro atoms. The number of anilines is 1. The van der Waals surface area contributed by atoms with Gasteiger partial charge in [0, 0.05) is 40.2 Å². The van der Waals surface area contributed by atoms with Crippen LogP contribution in [0.2, 0.25) is 0 Å². The van der Waals surface area contributed by atoms with E-state index in [1.807, 2.05) is 0 Å². The lowest BCUT2D eigenvalue weighted by Gasteiger charge is -2.43. The monoisotopic (exact) mass is 398 g/mol. The molecule has 1 fully saturated rings. The highest BCUT2D eigenvalue weighted by atomic mass is 32.2. The largest absolute Gasteiger partial charge is 0.368 e. The molecular weight excluding hydrogens is 376 g/mol. The Morgan fingerprint density at radius 1 is 0.828 bits per heavy atom. The molecule has 0 amide bonds. The molecule has 0 aliphatic heterocycles. The topological polar surface area (TPSA) is 56.7 Å². The molecule has 2 N–H and O–H groups in total. The molecule has 5 heteroatoms. The van der Waals surface area contributed by atoms with Gasteiger partial charge in [0.2, 0.25) is 5.95 Å². The van der Waals surface area contributed by atoms with Crippen LogP contribution in [0.4, 0.5) is 5.95 Å². The Morgan fingerprint density at radius 3 is 2.21 bits per heavy atom. The normalized spacial score (nSPS) is 15.0. The molecule has 1 aliphatic carbocycles. The van der Waals surface area contributed by atoms with Crippen molar-refractivity contribution in [3.8, 4) is 11.1 Å². The van der Waals surface area contributed by atoms with Crippen LogP contribution in [-0.4, -0.2) is 13.9 Å². The lowest BCUT2D eigenvalue weighted by Crippen LogP contribution is -2.36. The average molecular weight is 399 g/mol. The molecule has 29 heavy (non-hydrogen) atoms. The molecule has 1 saturated carbocycles. The quantitative estimate of drug-likeness (QED) is 0.479. The minimum absolute atomic E-state index is 0.0847. The summed E-state index contributed by atoms with van der Waals surface area (Å²) in [6.45, 7) is 0. The van der Waals surface area contributed by atoms with Crippen molar-refractivity contribution in [2.75, 3.05) is 5.73 Å². The van der Waals surface area contributed by atoms with Crippen LogP contribution < -0.4 is 5.73 Å². The SMILES string of the molecule is Nc1ncc(-c2ccc(C3(c4cccn4Sc4ccccc4)CCC3)cc2)cn1. The summed E-state index contributed by atoms with van der Waals surface area (Å²) < 4.78 is 2.33. The number of rotatable bonds is 5. The second-order valence-electron chi connectivity index (χ2n) is 7.47. The zero-order valence-electron chi connectivity index (χ0n) is 16.0. The van der Waals surface area contributed by atoms with Gasteiger partial charge in [0.15, 0.2) is 0 Å². The van der Waals surface area contributed by atoms with E-state index in [4.69, 9.17) is 5.73 Å².